The number of rotatable bonds is 7. The molecule has 0 bridgehead atoms. The van der Waals surface area contributed by atoms with Crippen LogP contribution in [0.1, 0.15) is 0 Å². The average Bonchev–Trinajstić information content (AvgIpc) is 3.31. The Labute approximate surface area is 182 Å². The summed E-state index contributed by atoms with van der Waals surface area (Å²) in [6.45, 7) is -0.107. The van der Waals surface area contributed by atoms with Gasteiger partial charge in [-0.2, -0.15) is 0 Å². The Morgan fingerprint density at radius 1 is 1.03 bits per heavy atom. The van der Waals surface area contributed by atoms with Gasteiger partial charge in [0, 0.05) is 14.8 Å². The summed E-state index contributed by atoms with van der Waals surface area (Å²) in [5.41, 5.74) is 1.52. The zero-order chi connectivity index (χ0) is 20.8. The lowest BCUT2D eigenvalue weighted by atomic mass is 10.3. The van der Waals surface area contributed by atoms with Gasteiger partial charge in [0.2, 0.25) is 0 Å². The topological polar surface area (TPSA) is 81.9 Å². The van der Waals surface area contributed by atoms with Crippen molar-refractivity contribution in [2.24, 2.45) is 0 Å². The Balaban J connectivity index is 1.35. The summed E-state index contributed by atoms with van der Waals surface area (Å²) in [4.78, 5) is 14.4. The molecule has 150 valence electrons. The number of ether oxygens (including phenoxy) is 1. The molecule has 4 aromatic rings. The van der Waals surface area contributed by atoms with Gasteiger partial charge in [0.1, 0.15) is 12.1 Å². The van der Waals surface area contributed by atoms with Crippen molar-refractivity contribution in [1.29, 1.82) is 0 Å². The number of para-hydroxylation sites is 1. The summed E-state index contributed by atoms with van der Waals surface area (Å²) in [6, 6.07) is 22.3. The summed E-state index contributed by atoms with van der Waals surface area (Å²) >= 11 is 7.49. The molecule has 0 saturated heterocycles. The summed E-state index contributed by atoms with van der Waals surface area (Å²) in [5.74, 6) is 0.328. The number of halogens is 1. The zero-order valence-electron chi connectivity index (χ0n) is 15.6. The van der Waals surface area contributed by atoms with E-state index in [1.54, 1.807) is 23.9 Å². The Hall–Kier alpha value is -3.36. The Morgan fingerprint density at radius 2 is 1.80 bits per heavy atom. The van der Waals surface area contributed by atoms with E-state index in [0.29, 0.717) is 10.8 Å². The molecule has 0 atom stereocenters. The minimum absolute atomic E-state index is 0.107. The number of nitrogens with one attached hydrogen (secondary N) is 1. The highest BCUT2D eigenvalue weighted by Gasteiger charge is 2.09. The fourth-order valence-electron chi connectivity index (χ4n) is 2.60. The molecule has 3 aromatic carbocycles. The minimum atomic E-state index is -0.247. The maximum atomic E-state index is 12.4. The number of nitrogens with zero attached hydrogens (tertiary/aromatic N) is 4. The number of carbonyl (C=O) groups is 1. The van der Waals surface area contributed by atoms with Crippen LogP contribution in [0.2, 0.25) is 5.02 Å². The Bertz CT molecular complexity index is 1120. The molecule has 0 aliphatic rings. The van der Waals surface area contributed by atoms with Crippen molar-refractivity contribution in [3.8, 4) is 11.4 Å². The molecule has 30 heavy (non-hydrogen) atoms. The Morgan fingerprint density at radius 3 is 2.53 bits per heavy atom. The van der Waals surface area contributed by atoms with Crippen molar-refractivity contribution in [3.63, 3.8) is 0 Å². The van der Waals surface area contributed by atoms with E-state index in [1.165, 1.54) is 11.0 Å². The van der Waals surface area contributed by atoms with Gasteiger partial charge in [0.15, 0.2) is 6.61 Å². The van der Waals surface area contributed by atoms with Gasteiger partial charge in [-0.25, -0.2) is 4.68 Å². The van der Waals surface area contributed by atoms with Crippen molar-refractivity contribution < 1.29 is 9.53 Å². The standard InChI is InChI=1S/C21H16ClN5O2S/c22-15-5-11-18(12-6-15)30-20-4-2-1-3-19(20)24-21(28)13-29-17-9-7-16(8-10-17)27-14-23-25-26-27/h1-12,14H,13H2,(H,24,28). The molecule has 0 aliphatic carbocycles. The lowest BCUT2D eigenvalue weighted by molar-refractivity contribution is -0.118. The van der Waals surface area contributed by atoms with Crippen molar-refractivity contribution in [2.75, 3.05) is 11.9 Å². The smallest absolute Gasteiger partial charge is 0.262 e. The number of hydrogen-bond acceptors (Lipinski definition) is 6. The lowest BCUT2D eigenvalue weighted by Gasteiger charge is -2.12. The molecule has 1 N–H and O–H groups in total. The van der Waals surface area contributed by atoms with E-state index < -0.39 is 0 Å². The first kappa shape index (κ1) is 19.9. The second kappa shape index (κ2) is 9.43. The van der Waals surface area contributed by atoms with Gasteiger partial charge < -0.3 is 10.1 Å². The van der Waals surface area contributed by atoms with Crippen LogP contribution in [0.3, 0.4) is 0 Å². The maximum absolute atomic E-state index is 12.4. The molecule has 0 saturated carbocycles. The highest BCUT2D eigenvalue weighted by molar-refractivity contribution is 7.99. The van der Waals surface area contributed by atoms with Crippen LogP contribution in [-0.4, -0.2) is 32.7 Å². The first-order valence-corrected chi connectivity index (χ1v) is 10.2. The van der Waals surface area contributed by atoms with Crippen LogP contribution in [0.15, 0.2) is 88.9 Å². The highest BCUT2D eigenvalue weighted by Crippen LogP contribution is 2.33. The molecular weight excluding hydrogens is 422 g/mol. The van der Waals surface area contributed by atoms with E-state index in [0.717, 1.165) is 21.2 Å². The molecule has 0 unspecified atom stereocenters. The molecule has 1 amide bonds. The summed E-state index contributed by atoms with van der Waals surface area (Å²) in [5, 5.41) is 14.6. The third-order valence-electron chi connectivity index (χ3n) is 4.02. The molecule has 0 radical (unpaired) electrons. The predicted octanol–water partition coefficient (Wildman–Crippen LogP) is 4.48. The van der Waals surface area contributed by atoms with Crippen LogP contribution in [-0.2, 0) is 4.79 Å². The molecular formula is C21H16ClN5O2S. The molecule has 1 aromatic heterocycles. The van der Waals surface area contributed by atoms with E-state index in [4.69, 9.17) is 16.3 Å². The second-order valence-electron chi connectivity index (χ2n) is 6.14. The minimum Gasteiger partial charge on any atom is -0.484 e. The van der Waals surface area contributed by atoms with Crippen molar-refractivity contribution in [1.82, 2.24) is 20.2 Å². The molecule has 1 heterocycles. The van der Waals surface area contributed by atoms with Gasteiger partial charge in [0.25, 0.3) is 5.91 Å². The predicted molar refractivity (Wildman–Crippen MR) is 115 cm³/mol. The van der Waals surface area contributed by atoms with Gasteiger partial charge in [-0.1, -0.05) is 35.5 Å². The van der Waals surface area contributed by atoms with Crippen LogP contribution in [0.25, 0.3) is 5.69 Å². The van der Waals surface area contributed by atoms with Gasteiger partial charge in [-0.15, -0.1) is 5.10 Å². The fraction of sp³-hybridized carbons (Fsp3) is 0.0476. The number of anilines is 1. The van der Waals surface area contributed by atoms with E-state index in [2.05, 4.69) is 20.8 Å². The number of benzene rings is 3. The largest absolute Gasteiger partial charge is 0.484 e. The van der Waals surface area contributed by atoms with Crippen LogP contribution in [0.5, 0.6) is 5.75 Å². The van der Waals surface area contributed by atoms with Gasteiger partial charge in [-0.05, 0) is 71.1 Å². The first-order valence-electron chi connectivity index (χ1n) is 8.96. The number of hydrogen-bond donors (Lipinski definition) is 1. The van der Waals surface area contributed by atoms with E-state index in [1.807, 2.05) is 60.7 Å². The molecule has 0 aliphatic heterocycles. The quantitative estimate of drug-likeness (QED) is 0.459. The summed E-state index contributed by atoms with van der Waals surface area (Å²) < 4.78 is 7.12. The number of amides is 1. The normalized spacial score (nSPS) is 10.6. The van der Waals surface area contributed by atoms with Gasteiger partial charge in [0.05, 0.1) is 11.4 Å². The van der Waals surface area contributed by atoms with Crippen LogP contribution in [0, 0.1) is 0 Å². The Kier molecular flexibility index (Phi) is 6.26. The third-order valence-corrected chi connectivity index (χ3v) is 5.36. The van der Waals surface area contributed by atoms with Crippen LogP contribution < -0.4 is 10.1 Å². The monoisotopic (exact) mass is 437 g/mol. The van der Waals surface area contributed by atoms with E-state index in [-0.39, 0.29) is 12.5 Å². The third kappa shape index (κ3) is 5.16. The summed E-state index contributed by atoms with van der Waals surface area (Å²) in [7, 11) is 0. The fourth-order valence-corrected chi connectivity index (χ4v) is 3.63. The maximum Gasteiger partial charge on any atom is 0.262 e. The molecule has 7 nitrogen and oxygen atoms in total. The van der Waals surface area contributed by atoms with Crippen LogP contribution in [0.4, 0.5) is 5.69 Å². The molecule has 9 heteroatoms. The first-order chi connectivity index (χ1) is 14.7. The zero-order valence-corrected chi connectivity index (χ0v) is 17.2. The lowest BCUT2D eigenvalue weighted by Crippen LogP contribution is -2.20. The van der Waals surface area contributed by atoms with E-state index in [9.17, 15) is 4.79 Å². The molecule has 0 spiro atoms. The van der Waals surface area contributed by atoms with Crippen molar-refractivity contribution >= 4 is 35.0 Å². The number of tetrazole rings is 1. The van der Waals surface area contributed by atoms with Crippen molar-refractivity contribution in [3.05, 3.63) is 84.1 Å². The highest BCUT2D eigenvalue weighted by atomic mass is 35.5. The molecule has 0 fully saturated rings. The van der Waals surface area contributed by atoms with Gasteiger partial charge in [-0.3, -0.25) is 4.79 Å². The second-order valence-corrected chi connectivity index (χ2v) is 7.69. The average molecular weight is 438 g/mol. The van der Waals surface area contributed by atoms with Gasteiger partial charge >= 0.3 is 0 Å². The molecule has 4 rings (SSSR count). The SMILES string of the molecule is O=C(COc1ccc(-n2cnnn2)cc1)Nc1ccccc1Sc1ccc(Cl)cc1. The van der Waals surface area contributed by atoms with Crippen LogP contribution >= 0.6 is 23.4 Å². The number of aromatic nitrogens is 4. The van der Waals surface area contributed by atoms with Crippen molar-refractivity contribution in [2.45, 2.75) is 9.79 Å². The van der Waals surface area contributed by atoms with E-state index >= 15 is 0 Å². The summed E-state index contributed by atoms with van der Waals surface area (Å²) in [6.07, 6.45) is 1.50. The number of carbonyl (C=O) groups excluding carboxylic acids is 1.